The van der Waals surface area contributed by atoms with Crippen LogP contribution in [0.4, 0.5) is 11.4 Å². The summed E-state index contributed by atoms with van der Waals surface area (Å²) in [5, 5.41) is 34.1. The van der Waals surface area contributed by atoms with Gasteiger partial charge >= 0.3 is 34.1 Å². The molecule has 5 aromatic rings. The summed E-state index contributed by atoms with van der Waals surface area (Å²) in [5.41, 5.74) is 13.7. The molecule has 6 N–H and O–H groups in total. The van der Waals surface area contributed by atoms with Gasteiger partial charge in [0.05, 0.1) is 25.3 Å². The Labute approximate surface area is 927 Å². The zero-order chi connectivity index (χ0) is 108. The number of allylic oxidation sites excluding steroid dienone is 2. The minimum atomic E-state index is 0. The van der Waals surface area contributed by atoms with Gasteiger partial charge in [-0.25, -0.2) is 0 Å². The fourth-order valence-corrected chi connectivity index (χ4v) is 18.8. The molecular formula is C135H242Fe2N6O2. The first kappa shape index (κ1) is 147. The van der Waals surface area contributed by atoms with Crippen molar-refractivity contribution in [3.63, 3.8) is 0 Å². The van der Waals surface area contributed by atoms with Crippen molar-refractivity contribution in [2.24, 2.45) is 94.6 Å². The molecule has 10 rings (SSSR count). The molecule has 840 valence electrons. The van der Waals surface area contributed by atoms with Crippen molar-refractivity contribution in [2.75, 3.05) is 75.4 Å². The number of hydrogen-bond donors (Lipinski definition) is 6. The Balaban J connectivity index is -0.000000800. The van der Waals surface area contributed by atoms with Gasteiger partial charge in [-0.05, 0) is 180 Å². The van der Waals surface area contributed by atoms with E-state index in [0.29, 0.717) is 73.9 Å². The minimum Gasteiger partial charge on any atom is -0.395 e. The van der Waals surface area contributed by atoms with Crippen molar-refractivity contribution in [1.29, 1.82) is 0 Å². The number of benzene rings is 5. The molecule has 0 aliphatic heterocycles. The monoisotopic (exact) mass is 2090 g/mol. The zero-order valence-corrected chi connectivity index (χ0v) is 106. The van der Waals surface area contributed by atoms with Gasteiger partial charge in [-0.2, -0.15) is 24.7 Å². The standard InChI is InChI=1S/C30H44N2O2.C24H36N2.C16H34N2.C11H24.C10H20.C10H19.C10H14.C9H18.C9H17.C4H10.2CH3.2Fe/c1-29(2,3)23-31(19-21-33)27-15-11-25(12-16-27)9-7-8-10-26-13-17-28(18-14-26)32(20-22-34)24-30(4,5)6;1-23(2,3)17-25-21(19-13-9-7-10-14-19)22(26-18-24(4,5)6)20-15-11-8-12-16-20;1-15(2,3)11-17-13-9-7-8-10-14(13)18-12-16(4,5)6;1-10(2,3)8-7-9-11(4,5)6;2*1-10(2,3)8-9-6-4-5-7-9;1-10(2,3)9-7-5-4-6-8-9;2*1-9(2,3)8-6-4-5-7-8;1-4(2)3;;;;/h7-18,33-34H,19-24H2,1-6H3;7-16,21-22,25-26H,17-18H2,1-6H3;13-14,17-18H,7-12H2,1-6H3;7-9H2,1-6H3;9H,4-8H2,1-3H3;6,9H,4-5,7-8H2,1-3H3;4-8H,1-3H3;8H,4-7H2,1-3H3;6,8H,4-5,7H2,1-3H3;4H,1-3H3;2*1H3;;/q;;;;;-1;;;-1;;2*-1;2*+2/b9-7+,10-8+;;;;;;;;;;;;;/t;21-,22-;13-,14-;;;;;;;;;;;/m.11.........../s1. The molecule has 8 nitrogen and oxygen atoms in total. The smallest absolute Gasteiger partial charge is 0.395 e. The van der Waals surface area contributed by atoms with Gasteiger partial charge in [0.2, 0.25) is 0 Å². The van der Waals surface area contributed by atoms with E-state index < -0.39 is 0 Å². The normalized spacial score (nSPS) is 17.6. The van der Waals surface area contributed by atoms with Crippen LogP contribution in [-0.4, -0.2) is 87.9 Å². The largest absolute Gasteiger partial charge is 2.00 e. The summed E-state index contributed by atoms with van der Waals surface area (Å²) in [4.78, 5) is 4.47. The van der Waals surface area contributed by atoms with E-state index in [0.717, 1.165) is 91.4 Å². The summed E-state index contributed by atoms with van der Waals surface area (Å²) >= 11 is 0. The number of nitrogens with zero attached hydrogens (tertiary/aromatic N) is 2. The molecule has 0 aromatic heterocycles. The summed E-state index contributed by atoms with van der Waals surface area (Å²) in [6, 6.07) is 50.9. The Morgan fingerprint density at radius 2 is 0.669 bits per heavy atom. The SMILES string of the molecule is CC(C)(C)C1CCCC1.CC(C)(C)C1[CH-]CCC1.CC(C)(C)CC1CCCC1.CC(C)(C)CC1[CH-]CCC1.CC(C)(C)CCCC(C)(C)C.CC(C)(C)CN(CCO)c1ccc(/C=C/C=C/c2ccc(N(CCO)CC(C)(C)C)cc2)cc1.CC(C)(C)CN[C@@H]1CCCC[C@H]1NCC(C)(C)C.CC(C)(C)CN[C@H](c1ccccc1)[C@H](NCC(C)(C)C)c1ccccc1.CC(C)(C)c1ccccc1.CC(C)C.[CH3-].[CH3-].[Fe+2].[Fe+2]. The zero-order valence-electron chi connectivity index (χ0n) is 104. The van der Waals surface area contributed by atoms with Crippen molar-refractivity contribution in [3.05, 3.63) is 207 Å². The molecular weight excluding hydrogens is 1850 g/mol. The predicted octanol–water partition coefficient (Wildman–Crippen LogP) is 38.5. The van der Waals surface area contributed by atoms with E-state index in [-0.39, 0.29) is 95.9 Å². The fraction of sp³-hybridized carbons (Fsp3) is 0.719. The molecule has 5 aromatic carbocycles. The van der Waals surface area contributed by atoms with Crippen LogP contribution in [0.1, 0.15) is 478 Å². The van der Waals surface area contributed by atoms with Crippen LogP contribution in [0.2, 0.25) is 0 Å². The second kappa shape index (κ2) is 71.9. The minimum absolute atomic E-state index is 0. The van der Waals surface area contributed by atoms with Gasteiger partial charge in [-0.15, -0.1) is 0 Å². The van der Waals surface area contributed by atoms with Crippen molar-refractivity contribution in [2.45, 2.75) is 468 Å². The van der Waals surface area contributed by atoms with Crippen LogP contribution in [-0.2, 0) is 39.6 Å². The number of nitrogens with one attached hydrogen (secondary N) is 4. The van der Waals surface area contributed by atoms with E-state index in [4.69, 9.17) is 0 Å². The molecule has 5 fully saturated rings. The maximum absolute atomic E-state index is 9.42. The van der Waals surface area contributed by atoms with E-state index in [9.17, 15) is 10.2 Å². The van der Waals surface area contributed by atoms with Gasteiger partial charge in [0.25, 0.3) is 0 Å². The van der Waals surface area contributed by atoms with Crippen molar-refractivity contribution in [1.82, 2.24) is 21.3 Å². The van der Waals surface area contributed by atoms with Crippen molar-refractivity contribution < 1.29 is 44.4 Å². The van der Waals surface area contributed by atoms with E-state index in [1.807, 2.05) is 0 Å². The molecule has 145 heavy (non-hydrogen) atoms. The molecule has 0 amide bonds. The summed E-state index contributed by atoms with van der Waals surface area (Å²) in [5.74, 6) is 4.72. The number of aliphatic hydroxyl groups is 2. The Morgan fingerprint density at radius 1 is 0.345 bits per heavy atom. The molecule has 0 saturated heterocycles. The summed E-state index contributed by atoms with van der Waals surface area (Å²) in [6.45, 7) is 104. The van der Waals surface area contributed by atoms with E-state index >= 15 is 0 Å². The molecule has 0 bridgehead atoms. The molecule has 5 aliphatic rings. The van der Waals surface area contributed by atoms with Crippen LogP contribution in [0.5, 0.6) is 0 Å². The van der Waals surface area contributed by atoms with Gasteiger partial charge < -0.3 is 69.0 Å². The van der Waals surface area contributed by atoms with E-state index in [1.165, 1.54) is 164 Å². The van der Waals surface area contributed by atoms with Crippen molar-refractivity contribution >= 4 is 23.5 Å². The summed E-state index contributed by atoms with van der Waals surface area (Å²) in [7, 11) is 0. The topological polar surface area (TPSA) is 95.1 Å². The molecule has 0 heterocycles. The third-order valence-electron chi connectivity index (χ3n) is 26.1. The third kappa shape index (κ3) is 80.5. The van der Waals surface area contributed by atoms with Gasteiger partial charge in [0, 0.05) is 75.8 Å². The van der Waals surface area contributed by atoms with E-state index in [1.54, 1.807) is 0 Å². The van der Waals surface area contributed by atoms with Crippen LogP contribution in [0.3, 0.4) is 0 Å². The molecule has 0 radical (unpaired) electrons. The number of rotatable bonds is 26. The molecule has 5 aliphatic carbocycles. The second-order valence-electron chi connectivity index (χ2n) is 58.8. The van der Waals surface area contributed by atoms with Crippen LogP contribution >= 0.6 is 0 Å². The van der Waals surface area contributed by atoms with Crippen LogP contribution < -0.4 is 31.1 Å². The first-order valence-electron chi connectivity index (χ1n) is 56.8. The van der Waals surface area contributed by atoms with Gasteiger partial charge in [0.1, 0.15) is 0 Å². The maximum atomic E-state index is 9.42. The Bertz CT molecular complexity index is 3690. The molecule has 6 atom stereocenters. The first-order chi connectivity index (χ1) is 64.7. The number of hydrogen-bond acceptors (Lipinski definition) is 8. The van der Waals surface area contributed by atoms with Crippen LogP contribution in [0.25, 0.3) is 12.2 Å². The first-order valence-corrected chi connectivity index (χ1v) is 56.8. The average molecular weight is 2090 g/mol. The Morgan fingerprint density at radius 3 is 0.924 bits per heavy atom. The van der Waals surface area contributed by atoms with Gasteiger partial charge in [-0.1, -0.05) is 526 Å². The maximum Gasteiger partial charge on any atom is 2.00 e. The van der Waals surface area contributed by atoms with Gasteiger partial charge in [0.15, 0.2) is 0 Å². The quantitative estimate of drug-likeness (QED) is 0.0185. The molecule has 10 heteroatoms. The summed E-state index contributed by atoms with van der Waals surface area (Å²) in [6.07, 6.45) is 45.9. The van der Waals surface area contributed by atoms with Crippen LogP contribution in [0.15, 0.2) is 152 Å². The number of anilines is 2. The molecule has 0 spiro atoms. The second-order valence-corrected chi connectivity index (χ2v) is 58.8. The fourth-order valence-electron chi connectivity index (χ4n) is 18.8. The Hall–Kier alpha value is -4.02. The average Bonchev–Trinajstić information content (AvgIpc) is 1.17. The van der Waals surface area contributed by atoms with Crippen molar-refractivity contribution in [3.8, 4) is 0 Å². The molecule has 5 saturated carbocycles. The van der Waals surface area contributed by atoms with Crippen LogP contribution in [0, 0.1) is 122 Å². The van der Waals surface area contributed by atoms with E-state index in [2.05, 4.69) is 499 Å². The third-order valence-corrected chi connectivity index (χ3v) is 26.1. The summed E-state index contributed by atoms with van der Waals surface area (Å²) < 4.78 is 0. The molecule has 2 unspecified atom stereocenters. The Kier molecular flexibility index (Phi) is 73.0. The van der Waals surface area contributed by atoms with Gasteiger partial charge in [-0.3, -0.25) is 0 Å². The number of aliphatic hydroxyl groups excluding tert-OH is 2. The predicted molar refractivity (Wildman–Crippen MR) is 648 cm³/mol.